The molecule has 0 bridgehead atoms. The number of hydrogen-bond donors (Lipinski definition) is 2. The highest BCUT2D eigenvalue weighted by atomic mass is 32.1. The van der Waals surface area contributed by atoms with Crippen molar-refractivity contribution in [1.29, 1.82) is 0 Å². The minimum Gasteiger partial charge on any atom is -0.481 e. The highest BCUT2D eigenvalue weighted by Crippen LogP contribution is 2.13. The number of thiophene rings is 1. The summed E-state index contributed by atoms with van der Waals surface area (Å²) in [5.41, 5.74) is 0. The first-order chi connectivity index (χ1) is 9.15. The molecule has 1 atom stereocenters. The lowest BCUT2D eigenvalue weighted by Crippen LogP contribution is -2.38. The molecule has 19 heavy (non-hydrogen) atoms. The van der Waals surface area contributed by atoms with Crippen molar-refractivity contribution < 1.29 is 14.7 Å². The summed E-state index contributed by atoms with van der Waals surface area (Å²) in [5.74, 6) is -1.07. The third-order valence-electron chi connectivity index (χ3n) is 2.88. The summed E-state index contributed by atoms with van der Waals surface area (Å²) >= 11 is 1.35. The largest absolute Gasteiger partial charge is 0.481 e. The van der Waals surface area contributed by atoms with Gasteiger partial charge in [0.2, 0.25) is 0 Å². The van der Waals surface area contributed by atoms with Crippen LogP contribution >= 0.6 is 11.3 Å². The normalized spacial score (nSPS) is 12.3. The van der Waals surface area contributed by atoms with Gasteiger partial charge in [0.1, 0.15) is 0 Å². The van der Waals surface area contributed by atoms with Crippen molar-refractivity contribution >= 4 is 23.1 Å². The first-order valence-electron chi connectivity index (χ1n) is 6.68. The first kappa shape index (κ1) is 15.9. The highest BCUT2D eigenvalue weighted by Gasteiger charge is 2.22. The van der Waals surface area contributed by atoms with Crippen molar-refractivity contribution in [3.63, 3.8) is 0 Å². The zero-order valence-electron chi connectivity index (χ0n) is 11.2. The number of aliphatic carboxylic acids is 1. The molecule has 1 aromatic rings. The lowest BCUT2D eigenvalue weighted by atomic mass is 10.1. The van der Waals surface area contributed by atoms with Crippen LogP contribution in [0, 0.1) is 0 Å². The summed E-state index contributed by atoms with van der Waals surface area (Å²) in [6, 6.07) is 2.93. The molecular weight excluding hydrogens is 262 g/mol. The second-order valence-corrected chi connectivity index (χ2v) is 5.45. The van der Waals surface area contributed by atoms with Crippen molar-refractivity contribution in [2.75, 3.05) is 6.54 Å². The molecule has 1 rings (SSSR count). The van der Waals surface area contributed by atoms with Gasteiger partial charge in [-0.1, -0.05) is 32.3 Å². The van der Waals surface area contributed by atoms with Gasteiger partial charge in [-0.2, -0.15) is 0 Å². The van der Waals surface area contributed by atoms with Gasteiger partial charge in [0.15, 0.2) is 5.78 Å². The Bertz CT molecular complexity index is 389. The zero-order chi connectivity index (χ0) is 14.1. The average Bonchev–Trinajstić information content (AvgIpc) is 2.89. The number of rotatable bonds is 10. The second-order valence-electron chi connectivity index (χ2n) is 4.51. The molecule has 0 aliphatic rings. The van der Waals surface area contributed by atoms with E-state index in [0.29, 0.717) is 11.4 Å². The van der Waals surface area contributed by atoms with Gasteiger partial charge in [0, 0.05) is 0 Å². The second kappa shape index (κ2) is 8.82. The molecule has 1 aromatic heterocycles. The molecule has 0 aliphatic carbocycles. The SMILES string of the molecule is CCCCCCNC(CC(=O)O)C(=O)c1cccs1. The molecule has 0 fully saturated rings. The van der Waals surface area contributed by atoms with Crippen LogP contribution in [0.4, 0.5) is 0 Å². The molecule has 2 N–H and O–H groups in total. The quantitative estimate of drug-likeness (QED) is 0.512. The molecule has 4 nitrogen and oxygen atoms in total. The topological polar surface area (TPSA) is 66.4 Å². The summed E-state index contributed by atoms with van der Waals surface area (Å²) in [6.07, 6.45) is 4.25. The van der Waals surface area contributed by atoms with Crippen molar-refractivity contribution in [2.24, 2.45) is 0 Å². The third-order valence-corrected chi connectivity index (χ3v) is 3.76. The average molecular weight is 283 g/mol. The molecule has 0 spiro atoms. The number of Topliss-reactive ketones (excluding diaryl/α,β-unsaturated/α-hetero) is 1. The fourth-order valence-electron chi connectivity index (χ4n) is 1.85. The van der Waals surface area contributed by atoms with Crippen molar-refractivity contribution in [2.45, 2.75) is 45.1 Å². The summed E-state index contributed by atoms with van der Waals surface area (Å²) in [7, 11) is 0. The van der Waals surface area contributed by atoms with Crippen LogP contribution in [0.15, 0.2) is 17.5 Å². The number of hydrogen-bond acceptors (Lipinski definition) is 4. The van der Waals surface area contributed by atoms with Crippen LogP contribution in [-0.2, 0) is 4.79 Å². The number of nitrogens with one attached hydrogen (secondary N) is 1. The Morgan fingerprint density at radius 2 is 2.16 bits per heavy atom. The van der Waals surface area contributed by atoms with Gasteiger partial charge in [-0.3, -0.25) is 9.59 Å². The fraction of sp³-hybridized carbons (Fsp3) is 0.571. The van der Waals surface area contributed by atoms with E-state index in [9.17, 15) is 9.59 Å². The predicted molar refractivity (Wildman–Crippen MR) is 76.8 cm³/mol. The molecule has 0 aromatic carbocycles. The molecule has 0 amide bonds. The Morgan fingerprint density at radius 3 is 2.74 bits per heavy atom. The molecule has 0 radical (unpaired) electrons. The van der Waals surface area contributed by atoms with Crippen LogP contribution < -0.4 is 5.32 Å². The summed E-state index contributed by atoms with van der Waals surface area (Å²) in [6.45, 7) is 2.83. The number of unbranched alkanes of at least 4 members (excludes halogenated alkanes) is 3. The molecule has 5 heteroatoms. The maximum absolute atomic E-state index is 12.1. The van der Waals surface area contributed by atoms with Gasteiger partial charge in [-0.15, -0.1) is 11.3 Å². The smallest absolute Gasteiger partial charge is 0.305 e. The van der Waals surface area contributed by atoms with Crippen LogP contribution in [0.5, 0.6) is 0 Å². The van der Waals surface area contributed by atoms with E-state index < -0.39 is 12.0 Å². The van der Waals surface area contributed by atoms with Crippen LogP contribution in [0.3, 0.4) is 0 Å². The molecule has 0 saturated carbocycles. The Morgan fingerprint density at radius 1 is 1.37 bits per heavy atom. The van der Waals surface area contributed by atoms with Gasteiger partial charge in [-0.25, -0.2) is 0 Å². The van der Waals surface area contributed by atoms with Crippen molar-refractivity contribution in [3.8, 4) is 0 Å². The van der Waals surface area contributed by atoms with Gasteiger partial charge in [0.25, 0.3) is 0 Å². The zero-order valence-corrected chi connectivity index (χ0v) is 12.0. The lowest BCUT2D eigenvalue weighted by Gasteiger charge is -2.14. The molecule has 1 unspecified atom stereocenters. The van der Waals surface area contributed by atoms with Crippen LogP contribution in [0.25, 0.3) is 0 Å². The number of carbonyl (C=O) groups excluding carboxylic acids is 1. The van der Waals surface area contributed by atoms with E-state index in [1.54, 1.807) is 12.1 Å². The van der Waals surface area contributed by atoms with Gasteiger partial charge in [-0.05, 0) is 24.4 Å². The first-order valence-corrected chi connectivity index (χ1v) is 7.56. The van der Waals surface area contributed by atoms with Crippen LogP contribution in [-0.4, -0.2) is 29.4 Å². The molecular formula is C14H21NO3S. The van der Waals surface area contributed by atoms with Gasteiger partial charge in [0.05, 0.1) is 17.3 Å². The Labute approximate surface area is 117 Å². The highest BCUT2D eigenvalue weighted by molar-refractivity contribution is 7.12. The Kier molecular flexibility index (Phi) is 7.36. The van der Waals surface area contributed by atoms with E-state index >= 15 is 0 Å². The van der Waals surface area contributed by atoms with E-state index in [4.69, 9.17) is 5.11 Å². The van der Waals surface area contributed by atoms with Crippen molar-refractivity contribution in [1.82, 2.24) is 5.32 Å². The van der Waals surface area contributed by atoms with Gasteiger partial charge < -0.3 is 10.4 Å². The monoisotopic (exact) mass is 283 g/mol. The van der Waals surface area contributed by atoms with E-state index in [0.717, 1.165) is 19.3 Å². The number of ketones is 1. The summed E-state index contributed by atoms with van der Waals surface area (Å²) in [4.78, 5) is 23.6. The molecule has 0 saturated heterocycles. The summed E-state index contributed by atoms with van der Waals surface area (Å²) < 4.78 is 0. The lowest BCUT2D eigenvalue weighted by molar-refractivity contribution is -0.137. The maximum atomic E-state index is 12.1. The fourth-order valence-corrected chi connectivity index (χ4v) is 2.57. The molecule has 0 aliphatic heterocycles. The van der Waals surface area contributed by atoms with E-state index in [-0.39, 0.29) is 12.2 Å². The van der Waals surface area contributed by atoms with Crippen molar-refractivity contribution in [3.05, 3.63) is 22.4 Å². The van der Waals surface area contributed by atoms with Crippen LogP contribution in [0.2, 0.25) is 0 Å². The van der Waals surface area contributed by atoms with Crippen LogP contribution in [0.1, 0.15) is 48.7 Å². The number of carboxylic acid groups (broad SMARTS) is 1. The van der Waals surface area contributed by atoms with E-state index in [1.807, 2.05) is 5.38 Å². The number of carbonyl (C=O) groups is 2. The Hall–Kier alpha value is -1.20. The molecule has 106 valence electrons. The van der Waals surface area contributed by atoms with E-state index in [2.05, 4.69) is 12.2 Å². The minimum absolute atomic E-state index is 0.118. The molecule has 1 heterocycles. The number of carboxylic acids is 1. The minimum atomic E-state index is -0.948. The summed E-state index contributed by atoms with van der Waals surface area (Å²) in [5, 5.41) is 13.8. The van der Waals surface area contributed by atoms with Gasteiger partial charge >= 0.3 is 5.97 Å². The maximum Gasteiger partial charge on any atom is 0.305 e. The standard InChI is InChI=1S/C14H21NO3S/c1-2-3-4-5-8-15-11(10-13(16)17)14(18)12-7-6-9-19-12/h6-7,9,11,15H,2-5,8,10H2,1H3,(H,16,17). The third kappa shape index (κ3) is 5.98. The predicted octanol–water partition coefficient (Wildman–Crippen LogP) is 2.94. The van der Waals surface area contributed by atoms with E-state index in [1.165, 1.54) is 17.8 Å². The Balaban J connectivity index is 2.47.